The summed E-state index contributed by atoms with van der Waals surface area (Å²) < 4.78 is 25.7. The molecule has 2 aromatic rings. The molecule has 4 heteroatoms. The fourth-order valence-corrected chi connectivity index (χ4v) is 1.70. The number of aryl methyl sites for hydroxylation is 1. The van der Waals surface area contributed by atoms with Crippen molar-refractivity contribution in [2.75, 3.05) is 5.32 Å². The molecule has 98 valence electrons. The number of halogens is 2. The first-order valence-electron chi connectivity index (χ1n) is 5.94. The molecule has 0 saturated carbocycles. The molecule has 19 heavy (non-hydrogen) atoms. The quantitative estimate of drug-likeness (QED) is 0.896. The Hall–Kier alpha value is -2.23. The summed E-state index contributed by atoms with van der Waals surface area (Å²) in [6.45, 7) is 0. The van der Waals surface area contributed by atoms with Crippen molar-refractivity contribution in [3.8, 4) is 0 Å². The highest BCUT2D eigenvalue weighted by molar-refractivity contribution is 5.90. The molecule has 0 aromatic heterocycles. The van der Waals surface area contributed by atoms with Gasteiger partial charge in [0.1, 0.15) is 0 Å². The van der Waals surface area contributed by atoms with Crippen molar-refractivity contribution in [1.29, 1.82) is 0 Å². The van der Waals surface area contributed by atoms with Gasteiger partial charge in [-0.3, -0.25) is 4.79 Å². The number of anilines is 1. The molecule has 2 aromatic carbocycles. The Bertz CT molecular complexity index is 570. The first-order chi connectivity index (χ1) is 9.15. The van der Waals surface area contributed by atoms with Gasteiger partial charge in [0, 0.05) is 18.2 Å². The van der Waals surface area contributed by atoms with E-state index in [0.717, 1.165) is 17.7 Å². The van der Waals surface area contributed by atoms with E-state index in [1.54, 1.807) is 0 Å². The van der Waals surface area contributed by atoms with Crippen LogP contribution in [0.5, 0.6) is 0 Å². The summed E-state index contributed by atoms with van der Waals surface area (Å²) in [5, 5.41) is 2.53. The zero-order valence-corrected chi connectivity index (χ0v) is 10.2. The number of rotatable bonds is 4. The molecule has 1 amide bonds. The number of carbonyl (C=O) groups is 1. The Kier molecular flexibility index (Phi) is 4.23. The van der Waals surface area contributed by atoms with Crippen molar-refractivity contribution in [2.24, 2.45) is 0 Å². The molecular weight excluding hydrogens is 248 g/mol. The van der Waals surface area contributed by atoms with E-state index in [-0.39, 0.29) is 11.6 Å². The van der Waals surface area contributed by atoms with Crippen LogP contribution in [0.4, 0.5) is 14.5 Å². The average Bonchev–Trinajstić information content (AvgIpc) is 2.42. The second-order valence-electron chi connectivity index (χ2n) is 4.16. The van der Waals surface area contributed by atoms with Gasteiger partial charge in [-0.2, -0.15) is 0 Å². The largest absolute Gasteiger partial charge is 0.326 e. The van der Waals surface area contributed by atoms with E-state index in [4.69, 9.17) is 0 Å². The normalized spacial score (nSPS) is 10.2. The van der Waals surface area contributed by atoms with E-state index >= 15 is 0 Å². The highest BCUT2D eigenvalue weighted by atomic mass is 19.2. The molecule has 0 spiro atoms. The van der Waals surface area contributed by atoms with Crippen molar-refractivity contribution < 1.29 is 13.6 Å². The Morgan fingerprint density at radius 2 is 1.74 bits per heavy atom. The number of hydrogen-bond donors (Lipinski definition) is 1. The van der Waals surface area contributed by atoms with Crippen molar-refractivity contribution in [3.63, 3.8) is 0 Å². The lowest BCUT2D eigenvalue weighted by molar-refractivity contribution is -0.116. The minimum Gasteiger partial charge on any atom is -0.326 e. The number of amides is 1. The SMILES string of the molecule is O=C(CCc1ccccc1)Nc1ccc(F)c(F)c1. The van der Waals surface area contributed by atoms with Gasteiger partial charge in [-0.1, -0.05) is 30.3 Å². The zero-order valence-electron chi connectivity index (χ0n) is 10.2. The molecule has 1 N–H and O–H groups in total. The minimum atomic E-state index is -0.971. The van der Waals surface area contributed by atoms with Crippen molar-refractivity contribution in [2.45, 2.75) is 12.8 Å². The molecule has 0 heterocycles. The van der Waals surface area contributed by atoms with Crippen molar-refractivity contribution in [1.82, 2.24) is 0 Å². The van der Waals surface area contributed by atoms with Crippen LogP contribution in [-0.4, -0.2) is 5.91 Å². The van der Waals surface area contributed by atoms with Crippen LogP contribution in [0.25, 0.3) is 0 Å². The summed E-state index contributed by atoms with van der Waals surface area (Å²) in [6.07, 6.45) is 0.902. The third-order valence-corrected chi connectivity index (χ3v) is 2.69. The smallest absolute Gasteiger partial charge is 0.224 e. The van der Waals surface area contributed by atoms with Crippen LogP contribution in [-0.2, 0) is 11.2 Å². The van der Waals surface area contributed by atoms with E-state index in [1.807, 2.05) is 30.3 Å². The standard InChI is InChI=1S/C15H13F2NO/c16-13-8-7-12(10-14(13)17)18-15(19)9-6-11-4-2-1-3-5-11/h1-5,7-8,10H,6,9H2,(H,18,19). The molecule has 0 aliphatic rings. The van der Waals surface area contributed by atoms with Gasteiger partial charge in [0.2, 0.25) is 5.91 Å². The maximum Gasteiger partial charge on any atom is 0.224 e. The first-order valence-corrected chi connectivity index (χ1v) is 5.94. The molecule has 0 fully saturated rings. The lowest BCUT2D eigenvalue weighted by Gasteiger charge is -2.05. The summed E-state index contributed by atoms with van der Waals surface area (Å²) in [7, 11) is 0. The molecule has 0 aliphatic carbocycles. The fourth-order valence-electron chi connectivity index (χ4n) is 1.70. The van der Waals surface area contributed by atoms with Gasteiger partial charge in [-0.25, -0.2) is 8.78 Å². The molecule has 0 atom stereocenters. The summed E-state index contributed by atoms with van der Waals surface area (Å²) in [4.78, 5) is 11.7. The summed E-state index contributed by atoms with van der Waals surface area (Å²) >= 11 is 0. The average molecular weight is 261 g/mol. The van der Waals surface area contributed by atoms with Crippen LogP contribution >= 0.6 is 0 Å². The first kappa shape index (κ1) is 13.2. The van der Waals surface area contributed by atoms with Crippen LogP contribution in [0, 0.1) is 11.6 Å². The van der Waals surface area contributed by atoms with Crippen LogP contribution in [0.3, 0.4) is 0 Å². The number of benzene rings is 2. The summed E-state index contributed by atoms with van der Waals surface area (Å²) in [5.74, 6) is -2.13. The van der Waals surface area contributed by atoms with Crippen LogP contribution < -0.4 is 5.32 Å². The minimum absolute atomic E-state index is 0.227. The number of hydrogen-bond acceptors (Lipinski definition) is 1. The molecule has 2 rings (SSSR count). The van der Waals surface area contributed by atoms with Gasteiger partial charge >= 0.3 is 0 Å². The molecule has 0 radical (unpaired) electrons. The van der Waals surface area contributed by atoms with E-state index in [0.29, 0.717) is 12.8 Å². The molecule has 0 unspecified atom stereocenters. The predicted octanol–water partition coefficient (Wildman–Crippen LogP) is 3.54. The monoisotopic (exact) mass is 261 g/mol. The van der Waals surface area contributed by atoms with Crippen molar-refractivity contribution in [3.05, 3.63) is 65.7 Å². The van der Waals surface area contributed by atoms with E-state index in [9.17, 15) is 13.6 Å². The third-order valence-electron chi connectivity index (χ3n) is 2.69. The topological polar surface area (TPSA) is 29.1 Å². The van der Waals surface area contributed by atoms with Gasteiger partial charge in [-0.05, 0) is 24.1 Å². The Morgan fingerprint density at radius 3 is 2.42 bits per heavy atom. The van der Waals surface area contributed by atoms with Gasteiger partial charge in [-0.15, -0.1) is 0 Å². The van der Waals surface area contributed by atoms with E-state index < -0.39 is 11.6 Å². The van der Waals surface area contributed by atoms with Gasteiger partial charge in [0.25, 0.3) is 0 Å². The zero-order chi connectivity index (χ0) is 13.7. The highest BCUT2D eigenvalue weighted by Gasteiger charge is 2.06. The van der Waals surface area contributed by atoms with E-state index in [1.165, 1.54) is 6.07 Å². The van der Waals surface area contributed by atoms with Crippen LogP contribution in [0.1, 0.15) is 12.0 Å². The number of carbonyl (C=O) groups excluding carboxylic acids is 1. The Balaban J connectivity index is 1.89. The fraction of sp³-hybridized carbons (Fsp3) is 0.133. The second-order valence-corrected chi connectivity index (χ2v) is 4.16. The van der Waals surface area contributed by atoms with Gasteiger partial charge < -0.3 is 5.32 Å². The van der Waals surface area contributed by atoms with Crippen molar-refractivity contribution >= 4 is 11.6 Å². The third kappa shape index (κ3) is 3.88. The van der Waals surface area contributed by atoms with E-state index in [2.05, 4.69) is 5.32 Å². The molecular formula is C15H13F2NO. The highest BCUT2D eigenvalue weighted by Crippen LogP contribution is 2.13. The maximum atomic E-state index is 13.0. The summed E-state index contributed by atoms with van der Waals surface area (Å²) in [5.41, 5.74) is 1.32. The molecule has 0 saturated heterocycles. The molecule has 0 bridgehead atoms. The molecule has 0 aliphatic heterocycles. The van der Waals surface area contributed by atoms with Gasteiger partial charge in [0.05, 0.1) is 0 Å². The lowest BCUT2D eigenvalue weighted by atomic mass is 10.1. The van der Waals surface area contributed by atoms with Crippen LogP contribution in [0.15, 0.2) is 48.5 Å². The summed E-state index contributed by atoms with van der Waals surface area (Å²) in [6, 6.07) is 12.9. The van der Waals surface area contributed by atoms with Gasteiger partial charge in [0.15, 0.2) is 11.6 Å². The Labute approximate surface area is 110 Å². The second kappa shape index (κ2) is 6.09. The lowest BCUT2D eigenvalue weighted by Crippen LogP contribution is -2.12. The Morgan fingerprint density at radius 1 is 1.00 bits per heavy atom. The van der Waals surface area contributed by atoms with Crippen LogP contribution in [0.2, 0.25) is 0 Å². The maximum absolute atomic E-state index is 13.0. The number of nitrogens with one attached hydrogen (secondary N) is 1. The molecule has 2 nitrogen and oxygen atoms in total. The predicted molar refractivity (Wildman–Crippen MR) is 69.8 cm³/mol.